The molecule has 0 fully saturated rings. The van der Waals surface area contributed by atoms with Crippen molar-refractivity contribution in [3.63, 3.8) is 0 Å². The lowest BCUT2D eigenvalue weighted by molar-refractivity contribution is -0.140. The van der Waals surface area contributed by atoms with Crippen LogP contribution in [0.3, 0.4) is 0 Å². The first kappa shape index (κ1) is 21.1. The van der Waals surface area contributed by atoms with Gasteiger partial charge in [0.2, 0.25) is 0 Å². The van der Waals surface area contributed by atoms with Crippen LogP contribution in [0.15, 0.2) is 77.3 Å². The predicted octanol–water partition coefficient (Wildman–Crippen LogP) is 4.53. The van der Waals surface area contributed by atoms with Crippen LogP contribution < -0.4 is 15.5 Å². The number of aliphatic hydroxyl groups is 1. The number of carbonyl (C=O) groups excluding carboxylic acids is 2. The lowest BCUT2D eigenvalue weighted by atomic mass is 9.94. The molecular weight excluding hydrogens is 458 g/mol. The summed E-state index contributed by atoms with van der Waals surface area (Å²) in [4.78, 5) is 27.6. The molecule has 4 rings (SSSR count). The highest BCUT2D eigenvalue weighted by atomic mass is 79.9. The van der Waals surface area contributed by atoms with Crippen molar-refractivity contribution in [3.8, 4) is 0 Å². The molecule has 3 aromatic carbocycles. The maximum absolute atomic E-state index is 13.4. The van der Waals surface area contributed by atoms with Crippen LogP contribution in [0.4, 0.5) is 16.2 Å². The van der Waals surface area contributed by atoms with Gasteiger partial charge in [-0.2, -0.15) is 0 Å². The van der Waals surface area contributed by atoms with Crippen molar-refractivity contribution < 1.29 is 14.7 Å². The van der Waals surface area contributed by atoms with E-state index >= 15 is 0 Å². The minimum absolute atomic E-state index is 0.218. The van der Waals surface area contributed by atoms with Crippen LogP contribution >= 0.6 is 15.9 Å². The Morgan fingerprint density at radius 1 is 1.06 bits per heavy atom. The highest BCUT2D eigenvalue weighted by Gasteiger charge is 2.52. The molecule has 0 unspecified atom stereocenters. The smallest absolute Gasteiger partial charge is 0.329 e. The number of hydrogen-bond donors (Lipinski definition) is 3. The van der Waals surface area contributed by atoms with E-state index < -0.39 is 17.7 Å². The summed E-state index contributed by atoms with van der Waals surface area (Å²) in [6, 6.07) is 21.1. The molecule has 0 bridgehead atoms. The van der Waals surface area contributed by atoms with Crippen LogP contribution in [-0.4, -0.2) is 17.0 Å². The van der Waals surface area contributed by atoms with Crippen molar-refractivity contribution in [2.75, 3.05) is 10.2 Å². The van der Waals surface area contributed by atoms with Crippen LogP contribution in [0.25, 0.3) is 0 Å². The lowest BCUT2D eigenvalue weighted by Crippen LogP contribution is -2.62. The fraction of sp³-hybridized carbons (Fsp3) is 0.167. The van der Waals surface area contributed by atoms with Gasteiger partial charge in [0.1, 0.15) is 0 Å². The third-order valence-electron chi connectivity index (χ3n) is 5.34. The molecule has 3 N–H and O–H groups in total. The van der Waals surface area contributed by atoms with Crippen molar-refractivity contribution in [2.45, 2.75) is 25.6 Å². The summed E-state index contributed by atoms with van der Waals surface area (Å²) in [7, 11) is 0. The number of amides is 3. The highest BCUT2D eigenvalue weighted by molar-refractivity contribution is 9.10. The Bertz CT molecular complexity index is 1120. The molecule has 0 saturated heterocycles. The SMILES string of the molecule is CCc1ccc(N2C(=O)Nc3ccc(Br)cc3[C@]2(O)C(=O)NCc2ccccc2)cc1. The monoisotopic (exact) mass is 479 g/mol. The molecule has 31 heavy (non-hydrogen) atoms. The number of hydrogen-bond acceptors (Lipinski definition) is 3. The summed E-state index contributed by atoms with van der Waals surface area (Å²) in [5, 5.41) is 17.4. The van der Waals surface area contributed by atoms with Crippen LogP contribution in [0.2, 0.25) is 0 Å². The normalized spacial score (nSPS) is 17.6. The van der Waals surface area contributed by atoms with Crippen molar-refractivity contribution in [1.29, 1.82) is 0 Å². The lowest BCUT2D eigenvalue weighted by Gasteiger charge is -2.42. The summed E-state index contributed by atoms with van der Waals surface area (Å²) in [6.45, 7) is 2.25. The summed E-state index contributed by atoms with van der Waals surface area (Å²) in [6.07, 6.45) is 0.837. The predicted molar refractivity (Wildman–Crippen MR) is 124 cm³/mol. The van der Waals surface area contributed by atoms with Crippen molar-refractivity contribution in [1.82, 2.24) is 5.32 Å². The second kappa shape index (κ2) is 8.53. The highest BCUT2D eigenvalue weighted by Crippen LogP contribution is 2.41. The first-order valence-electron chi connectivity index (χ1n) is 9.98. The standard InChI is InChI=1S/C24H22BrN3O3/c1-2-16-8-11-19(12-9-16)28-23(30)27-21-13-10-18(25)14-20(21)24(28,31)22(29)26-15-17-6-4-3-5-7-17/h3-14,31H,2,15H2,1H3,(H,26,29)(H,27,30)/t24-/m0/s1. The number of fused-ring (bicyclic) bond motifs is 1. The molecule has 0 aliphatic carbocycles. The quantitative estimate of drug-likeness (QED) is 0.502. The molecule has 1 atom stereocenters. The summed E-state index contributed by atoms with van der Waals surface area (Å²) < 4.78 is 0.679. The van der Waals surface area contributed by atoms with Crippen molar-refractivity contribution >= 4 is 39.2 Å². The van der Waals surface area contributed by atoms with Gasteiger partial charge < -0.3 is 15.7 Å². The van der Waals surface area contributed by atoms with E-state index in [-0.39, 0.29) is 12.1 Å². The maximum atomic E-state index is 13.4. The van der Waals surface area contributed by atoms with E-state index in [0.717, 1.165) is 22.4 Å². The van der Waals surface area contributed by atoms with Gasteiger partial charge in [-0.15, -0.1) is 0 Å². The molecule has 6 nitrogen and oxygen atoms in total. The van der Waals surface area contributed by atoms with E-state index in [1.165, 1.54) is 0 Å². The molecule has 0 aromatic heterocycles. The third kappa shape index (κ3) is 3.94. The number of nitrogens with one attached hydrogen (secondary N) is 2. The summed E-state index contributed by atoms with van der Waals surface area (Å²) in [5.41, 5.74) is 0.815. The van der Waals surface area contributed by atoms with Gasteiger partial charge in [-0.05, 0) is 47.9 Å². The van der Waals surface area contributed by atoms with Gasteiger partial charge in [0.05, 0.1) is 5.69 Å². The zero-order chi connectivity index (χ0) is 22.0. The Kier molecular flexibility index (Phi) is 5.80. The molecule has 3 aromatic rings. The van der Waals surface area contributed by atoms with Crippen molar-refractivity contribution in [2.24, 2.45) is 0 Å². The van der Waals surface area contributed by atoms with Crippen LogP contribution in [0.5, 0.6) is 0 Å². The molecule has 7 heteroatoms. The largest absolute Gasteiger partial charge is 0.359 e. The number of benzene rings is 3. The second-order valence-electron chi connectivity index (χ2n) is 7.32. The molecule has 0 spiro atoms. The Morgan fingerprint density at radius 3 is 2.45 bits per heavy atom. The number of carbonyl (C=O) groups is 2. The minimum Gasteiger partial charge on any atom is -0.359 e. The van der Waals surface area contributed by atoms with E-state index in [2.05, 4.69) is 26.6 Å². The van der Waals surface area contributed by atoms with Gasteiger partial charge in [0, 0.05) is 22.3 Å². The van der Waals surface area contributed by atoms with Gasteiger partial charge in [-0.3, -0.25) is 9.69 Å². The fourth-order valence-corrected chi connectivity index (χ4v) is 4.02. The van der Waals surface area contributed by atoms with Crippen LogP contribution in [0, 0.1) is 0 Å². The molecule has 3 amide bonds. The average molecular weight is 480 g/mol. The topological polar surface area (TPSA) is 81.7 Å². The Balaban J connectivity index is 1.78. The minimum atomic E-state index is -2.23. The fourth-order valence-electron chi connectivity index (χ4n) is 3.66. The molecule has 158 valence electrons. The first-order valence-corrected chi connectivity index (χ1v) is 10.8. The van der Waals surface area contributed by atoms with Crippen LogP contribution in [-0.2, 0) is 23.5 Å². The van der Waals surface area contributed by atoms with E-state index in [1.807, 2.05) is 49.4 Å². The molecule has 0 saturated carbocycles. The second-order valence-corrected chi connectivity index (χ2v) is 8.23. The van der Waals surface area contributed by atoms with Gasteiger partial charge >= 0.3 is 6.03 Å². The first-order chi connectivity index (χ1) is 14.9. The Hall–Kier alpha value is -3.16. The Morgan fingerprint density at radius 2 is 1.77 bits per heavy atom. The zero-order valence-electron chi connectivity index (χ0n) is 16.9. The van der Waals surface area contributed by atoms with E-state index in [4.69, 9.17) is 0 Å². The molecule has 1 aliphatic heterocycles. The van der Waals surface area contributed by atoms with Gasteiger partial charge in [-0.25, -0.2) is 4.79 Å². The van der Waals surface area contributed by atoms with Gasteiger partial charge in [-0.1, -0.05) is 65.3 Å². The molecule has 1 heterocycles. The van der Waals surface area contributed by atoms with E-state index in [1.54, 1.807) is 30.3 Å². The number of urea groups is 1. The third-order valence-corrected chi connectivity index (χ3v) is 5.83. The van der Waals surface area contributed by atoms with Gasteiger partial charge in [0.25, 0.3) is 11.6 Å². The molecule has 0 radical (unpaired) electrons. The molecular formula is C24H22BrN3O3. The van der Waals surface area contributed by atoms with Crippen LogP contribution in [0.1, 0.15) is 23.6 Å². The van der Waals surface area contributed by atoms with Gasteiger partial charge in [0.15, 0.2) is 0 Å². The number of anilines is 2. The number of aryl methyl sites for hydroxylation is 1. The maximum Gasteiger partial charge on any atom is 0.329 e. The summed E-state index contributed by atoms with van der Waals surface area (Å²) >= 11 is 3.40. The van der Waals surface area contributed by atoms with E-state index in [0.29, 0.717) is 15.8 Å². The number of rotatable bonds is 5. The zero-order valence-corrected chi connectivity index (χ0v) is 18.5. The Labute approximate surface area is 189 Å². The van der Waals surface area contributed by atoms with E-state index in [9.17, 15) is 14.7 Å². The van der Waals surface area contributed by atoms with Crippen molar-refractivity contribution in [3.05, 3.63) is 94.0 Å². The average Bonchev–Trinajstić information content (AvgIpc) is 2.79. The number of halogens is 1. The number of nitrogens with zero attached hydrogens (tertiary/aromatic N) is 1. The summed E-state index contributed by atoms with van der Waals surface area (Å²) in [5.74, 6) is -0.690. The molecule has 1 aliphatic rings.